The topological polar surface area (TPSA) is 55.7 Å². The Labute approximate surface area is 84.6 Å². The van der Waals surface area contributed by atoms with Gasteiger partial charge in [0.15, 0.2) is 0 Å². The van der Waals surface area contributed by atoms with E-state index in [0.29, 0.717) is 0 Å². The van der Waals surface area contributed by atoms with E-state index in [2.05, 4.69) is 20.9 Å². The lowest BCUT2D eigenvalue weighted by atomic mass is 10.1. The molecule has 0 fully saturated rings. The Balaban J connectivity index is 2.56. The summed E-state index contributed by atoms with van der Waals surface area (Å²) < 4.78 is 0. The number of nitrogens with zero attached hydrogens (tertiary/aromatic N) is 3. The molecule has 1 heterocycles. The van der Waals surface area contributed by atoms with Crippen LogP contribution in [0.1, 0.15) is 24.4 Å². The third kappa shape index (κ3) is 2.86. The van der Waals surface area contributed by atoms with Gasteiger partial charge in [-0.3, -0.25) is 0 Å². The number of H-pyrrole nitrogens is 1. The van der Waals surface area contributed by atoms with E-state index in [0.717, 1.165) is 24.5 Å². The maximum atomic E-state index is 8.71. The Hall–Kier alpha value is -1.34. The number of nitrogens with one attached hydrogen (secondary N) is 1. The maximum absolute atomic E-state index is 8.71. The molecule has 0 bridgehead atoms. The highest BCUT2D eigenvalue weighted by molar-refractivity contribution is 5.13. The smallest absolute Gasteiger partial charge is 0.107 e. The molecule has 0 aromatic carbocycles. The normalized spacial score (nSPS) is 12.8. The van der Waals surface area contributed by atoms with Gasteiger partial charge in [0.25, 0.3) is 0 Å². The molecule has 0 aliphatic heterocycles. The lowest BCUT2D eigenvalue weighted by Crippen LogP contribution is -2.15. The summed E-state index contributed by atoms with van der Waals surface area (Å²) in [6.07, 6.45) is 2.64. The second-order valence-corrected chi connectivity index (χ2v) is 3.69. The molecule has 0 saturated heterocycles. The molecular weight excluding hydrogens is 176 g/mol. The first-order chi connectivity index (χ1) is 6.63. The van der Waals surface area contributed by atoms with E-state index in [4.69, 9.17) is 5.26 Å². The van der Waals surface area contributed by atoms with Crippen LogP contribution in [-0.2, 0) is 6.42 Å². The van der Waals surface area contributed by atoms with E-state index in [1.807, 2.05) is 21.0 Å². The van der Waals surface area contributed by atoms with Crippen molar-refractivity contribution < 1.29 is 0 Å². The Morgan fingerprint density at radius 3 is 2.93 bits per heavy atom. The molecule has 76 valence electrons. The molecule has 0 radical (unpaired) electrons. The van der Waals surface area contributed by atoms with Crippen molar-refractivity contribution in [3.63, 3.8) is 0 Å². The summed E-state index contributed by atoms with van der Waals surface area (Å²) in [6.45, 7) is 2.83. The summed E-state index contributed by atoms with van der Waals surface area (Å²) in [5.41, 5.74) is 0.904. The zero-order chi connectivity index (χ0) is 10.6. The van der Waals surface area contributed by atoms with Gasteiger partial charge < -0.3 is 9.88 Å². The minimum atomic E-state index is -0.101. The van der Waals surface area contributed by atoms with Gasteiger partial charge in [0, 0.05) is 19.2 Å². The number of aromatic nitrogens is 2. The van der Waals surface area contributed by atoms with Crippen molar-refractivity contribution in [2.24, 2.45) is 0 Å². The zero-order valence-corrected chi connectivity index (χ0v) is 8.91. The number of aromatic amines is 1. The van der Waals surface area contributed by atoms with Crippen LogP contribution in [0.4, 0.5) is 0 Å². The van der Waals surface area contributed by atoms with Crippen molar-refractivity contribution in [2.75, 3.05) is 20.6 Å². The van der Waals surface area contributed by atoms with Gasteiger partial charge in [-0.15, -0.1) is 0 Å². The molecular formula is C10H16N4. The number of imidazole rings is 1. The maximum Gasteiger partial charge on any atom is 0.107 e. The van der Waals surface area contributed by atoms with Gasteiger partial charge in [-0.25, -0.2) is 4.98 Å². The van der Waals surface area contributed by atoms with Gasteiger partial charge in [-0.2, -0.15) is 5.26 Å². The van der Waals surface area contributed by atoms with Gasteiger partial charge in [0.1, 0.15) is 5.82 Å². The molecule has 0 amide bonds. The molecule has 0 aliphatic rings. The molecule has 1 aromatic rings. The molecule has 0 spiro atoms. The van der Waals surface area contributed by atoms with E-state index in [-0.39, 0.29) is 5.92 Å². The number of likely N-dealkylation sites (N-methyl/N-ethyl adjacent to an activating group) is 1. The van der Waals surface area contributed by atoms with Crippen molar-refractivity contribution in [1.82, 2.24) is 14.9 Å². The Morgan fingerprint density at radius 1 is 1.64 bits per heavy atom. The first-order valence-electron chi connectivity index (χ1n) is 4.71. The second kappa shape index (κ2) is 4.77. The predicted molar refractivity (Wildman–Crippen MR) is 54.9 cm³/mol. The van der Waals surface area contributed by atoms with Crippen molar-refractivity contribution in [3.05, 3.63) is 17.7 Å². The van der Waals surface area contributed by atoms with Crippen LogP contribution < -0.4 is 0 Å². The van der Waals surface area contributed by atoms with Crippen molar-refractivity contribution in [3.8, 4) is 6.07 Å². The fourth-order valence-electron chi connectivity index (χ4n) is 1.12. The average Bonchev–Trinajstić information content (AvgIpc) is 2.62. The summed E-state index contributed by atoms with van der Waals surface area (Å²) in [7, 11) is 4.06. The van der Waals surface area contributed by atoms with Crippen LogP contribution in [0.3, 0.4) is 0 Å². The Morgan fingerprint density at radius 2 is 2.36 bits per heavy atom. The quantitative estimate of drug-likeness (QED) is 0.778. The fourth-order valence-corrected chi connectivity index (χ4v) is 1.12. The third-order valence-electron chi connectivity index (χ3n) is 2.10. The minimum absolute atomic E-state index is 0.101. The summed E-state index contributed by atoms with van der Waals surface area (Å²) in [5, 5.41) is 8.71. The van der Waals surface area contributed by atoms with E-state index in [1.165, 1.54) is 0 Å². The molecule has 14 heavy (non-hydrogen) atoms. The number of rotatable bonds is 4. The van der Waals surface area contributed by atoms with Crippen LogP contribution in [0.5, 0.6) is 0 Å². The summed E-state index contributed by atoms with van der Waals surface area (Å²) in [4.78, 5) is 9.49. The van der Waals surface area contributed by atoms with Crippen LogP contribution in [0.2, 0.25) is 0 Å². The molecule has 1 aromatic heterocycles. The molecule has 0 saturated carbocycles. The van der Waals surface area contributed by atoms with E-state index < -0.39 is 0 Å². The van der Waals surface area contributed by atoms with Crippen molar-refractivity contribution >= 4 is 0 Å². The molecule has 1 atom stereocenters. The fraction of sp³-hybridized carbons (Fsp3) is 0.600. The lowest BCUT2D eigenvalue weighted by molar-refractivity contribution is 0.410. The summed E-state index contributed by atoms with van der Waals surface area (Å²) >= 11 is 0. The molecule has 0 aliphatic carbocycles. The van der Waals surface area contributed by atoms with Crippen LogP contribution in [0.15, 0.2) is 6.20 Å². The zero-order valence-electron chi connectivity index (χ0n) is 8.91. The highest BCUT2D eigenvalue weighted by atomic mass is 15.1. The number of hydrogen-bond acceptors (Lipinski definition) is 3. The second-order valence-electron chi connectivity index (χ2n) is 3.69. The average molecular weight is 192 g/mol. The van der Waals surface area contributed by atoms with Crippen molar-refractivity contribution in [1.29, 1.82) is 5.26 Å². The Kier molecular flexibility index (Phi) is 3.66. The first kappa shape index (κ1) is 10.7. The molecule has 1 unspecified atom stereocenters. The molecule has 1 rings (SSSR count). The van der Waals surface area contributed by atoms with Gasteiger partial charge in [0.05, 0.1) is 17.7 Å². The summed E-state index contributed by atoms with van der Waals surface area (Å²) in [5.74, 6) is 0.853. The first-order valence-corrected chi connectivity index (χ1v) is 4.71. The standard InChI is InChI=1S/C10H16N4/c1-8(6-11)9-7-12-10(13-9)4-5-14(2)3/h7-8H,4-5H2,1-3H3,(H,12,13). The van der Waals surface area contributed by atoms with Crippen LogP contribution >= 0.6 is 0 Å². The lowest BCUT2D eigenvalue weighted by Gasteiger charge is -2.06. The minimum Gasteiger partial charge on any atom is -0.345 e. The Bertz CT molecular complexity index is 321. The SMILES string of the molecule is CC(C#N)c1cnc(CCN(C)C)[nH]1. The number of nitriles is 1. The predicted octanol–water partition coefficient (Wildman–Crippen LogP) is 1.14. The highest BCUT2D eigenvalue weighted by Gasteiger charge is 2.07. The van der Waals surface area contributed by atoms with Crippen LogP contribution in [0.25, 0.3) is 0 Å². The molecule has 4 nitrogen and oxygen atoms in total. The van der Waals surface area contributed by atoms with Gasteiger partial charge in [-0.05, 0) is 21.0 Å². The van der Waals surface area contributed by atoms with Gasteiger partial charge in [-0.1, -0.05) is 0 Å². The monoisotopic (exact) mass is 192 g/mol. The van der Waals surface area contributed by atoms with E-state index >= 15 is 0 Å². The van der Waals surface area contributed by atoms with E-state index in [9.17, 15) is 0 Å². The highest BCUT2D eigenvalue weighted by Crippen LogP contribution is 2.10. The molecule has 4 heteroatoms. The van der Waals surface area contributed by atoms with E-state index in [1.54, 1.807) is 6.20 Å². The van der Waals surface area contributed by atoms with Crippen LogP contribution in [-0.4, -0.2) is 35.5 Å². The van der Waals surface area contributed by atoms with Crippen LogP contribution in [0, 0.1) is 11.3 Å². The summed E-state index contributed by atoms with van der Waals surface area (Å²) in [6, 6.07) is 2.18. The number of hydrogen-bond donors (Lipinski definition) is 1. The van der Waals surface area contributed by atoms with Gasteiger partial charge in [0.2, 0.25) is 0 Å². The van der Waals surface area contributed by atoms with Gasteiger partial charge >= 0.3 is 0 Å². The molecule has 1 N–H and O–H groups in total. The third-order valence-corrected chi connectivity index (χ3v) is 2.10. The largest absolute Gasteiger partial charge is 0.345 e. The van der Waals surface area contributed by atoms with Crippen molar-refractivity contribution in [2.45, 2.75) is 19.3 Å².